The Kier molecular flexibility index (Phi) is 5.17. The van der Waals surface area contributed by atoms with Gasteiger partial charge in [0.15, 0.2) is 0 Å². The van der Waals surface area contributed by atoms with Gasteiger partial charge in [0.2, 0.25) is 5.89 Å². The molecule has 0 fully saturated rings. The number of carbonyl (C=O) groups is 1. The second-order valence-electron chi connectivity index (χ2n) is 5.67. The van der Waals surface area contributed by atoms with Gasteiger partial charge in [-0.3, -0.25) is 4.79 Å². The first-order chi connectivity index (χ1) is 12.6. The molecule has 0 saturated carbocycles. The fraction of sp³-hybridized carbons (Fsp3) is 0.211. The van der Waals surface area contributed by atoms with Gasteiger partial charge in [-0.2, -0.15) is 4.68 Å². The first-order valence-corrected chi connectivity index (χ1v) is 7.99. The van der Waals surface area contributed by atoms with E-state index in [0.717, 1.165) is 15.8 Å². The van der Waals surface area contributed by atoms with Gasteiger partial charge < -0.3 is 13.9 Å². The number of benzene rings is 2. The maximum atomic E-state index is 12.1. The van der Waals surface area contributed by atoms with E-state index in [0.29, 0.717) is 11.3 Å². The van der Waals surface area contributed by atoms with E-state index in [1.54, 1.807) is 31.4 Å². The number of aryl methyl sites for hydroxylation is 1. The molecule has 0 aliphatic carbocycles. The third kappa shape index (κ3) is 4.00. The molecule has 0 amide bonds. The van der Waals surface area contributed by atoms with Gasteiger partial charge >= 0.3 is 11.7 Å². The van der Waals surface area contributed by atoms with Gasteiger partial charge in [-0.1, -0.05) is 29.8 Å². The van der Waals surface area contributed by atoms with Crippen molar-refractivity contribution in [2.24, 2.45) is 0 Å². The Morgan fingerprint density at radius 3 is 2.69 bits per heavy atom. The summed E-state index contributed by atoms with van der Waals surface area (Å²) in [4.78, 5) is 23.9. The maximum absolute atomic E-state index is 12.1. The average molecular weight is 354 g/mol. The van der Waals surface area contributed by atoms with Crippen molar-refractivity contribution < 1.29 is 18.7 Å². The molecular weight excluding hydrogens is 336 g/mol. The fourth-order valence-electron chi connectivity index (χ4n) is 2.45. The first kappa shape index (κ1) is 17.5. The Balaban J connectivity index is 1.67. The average Bonchev–Trinajstić information content (AvgIpc) is 3.01. The van der Waals surface area contributed by atoms with E-state index in [1.807, 2.05) is 31.2 Å². The van der Waals surface area contributed by atoms with E-state index >= 15 is 0 Å². The number of aromatic nitrogens is 2. The lowest BCUT2D eigenvalue weighted by atomic mass is 10.1. The highest BCUT2D eigenvalue weighted by Gasteiger charge is 2.14. The van der Waals surface area contributed by atoms with Crippen molar-refractivity contribution in [3.8, 4) is 17.2 Å². The van der Waals surface area contributed by atoms with Gasteiger partial charge in [0.25, 0.3) is 0 Å². The lowest BCUT2D eigenvalue weighted by Gasteiger charge is -2.10. The van der Waals surface area contributed by atoms with Crippen molar-refractivity contribution in [2.75, 3.05) is 7.11 Å². The quantitative estimate of drug-likeness (QED) is 0.633. The predicted octanol–water partition coefficient (Wildman–Crippen LogP) is 2.56. The van der Waals surface area contributed by atoms with Gasteiger partial charge in [-0.25, -0.2) is 4.79 Å². The van der Waals surface area contributed by atoms with Crippen molar-refractivity contribution in [1.82, 2.24) is 9.78 Å². The summed E-state index contributed by atoms with van der Waals surface area (Å²) in [5.74, 6) is -0.519. The lowest BCUT2D eigenvalue weighted by molar-refractivity contribution is -0.146. The van der Waals surface area contributed by atoms with Crippen molar-refractivity contribution in [2.45, 2.75) is 20.1 Å². The van der Waals surface area contributed by atoms with Crippen molar-refractivity contribution in [3.63, 3.8) is 0 Å². The van der Waals surface area contributed by atoms with E-state index in [4.69, 9.17) is 13.9 Å². The van der Waals surface area contributed by atoms with Crippen LogP contribution in [0.25, 0.3) is 11.5 Å². The molecule has 134 valence electrons. The second-order valence-corrected chi connectivity index (χ2v) is 5.67. The van der Waals surface area contributed by atoms with E-state index in [-0.39, 0.29) is 19.0 Å². The predicted molar refractivity (Wildman–Crippen MR) is 93.7 cm³/mol. The number of nitrogens with zero attached hydrogens (tertiary/aromatic N) is 2. The Hall–Kier alpha value is -3.35. The topological polar surface area (TPSA) is 83.6 Å². The fourth-order valence-corrected chi connectivity index (χ4v) is 2.45. The van der Waals surface area contributed by atoms with Crippen LogP contribution in [0.15, 0.2) is 57.7 Å². The molecule has 3 rings (SSSR count). The maximum Gasteiger partial charge on any atom is 0.437 e. The minimum absolute atomic E-state index is 0.0435. The molecule has 0 saturated heterocycles. The third-order valence-electron chi connectivity index (χ3n) is 3.73. The van der Waals surface area contributed by atoms with Crippen LogP contribution in [0.3, 0.4) is 0 Å². The Labute approximate surface area is 149 Å². The molecule has 0 radical (unpaired) electrons. The summed E-state index contributed by atoms with van der Waals surface area (Å²) in [5.41, 5.74) is 2.43. The largest absolute Gasteiger partial charge is 0.496 e. The van der Waals surface area contributed by atoms with Crippen LogP contribution in [0.1, 0.15) is 11.1 Å². The minimum atomic E-state index is -0.714. The lowest BCUT2D eigenvalue weighted by Crippen LogP contribution is -2.23. The highest BCUT2D eigenvalue weighted by atomic mass is 16.5. The van der Waals surface area contributed by atoms with Crippen LogP contribution in [-0.2, 0) is 22.7 Å². The van der Waals surface area contributed by atoms with Crippen LogP contribution in [0.5, 0.6) is 5.75 Å². The molecule has 0 atom stereocenters. The Morgan fingerprint density at radius 2 is 1.96 bits per heavy atom. The van der Waals surface area contributed by atoms with Crippen molar-refractivity contribution in [3.05, 3.63) is 70.2 Å². The number of methoxy groups -OCH3 is 1. The molecule has 1 heterocycles. The zero-order chi connectivity index (χ0) is 18.5. The summed E-state index contributed by atoms with van der Waals surface area (Å²) in [6, 6.07) is 14.6. The molecule has 0 unspecified atom stereocenters. The molecule has 1 aromatic heterocycles. The summed E-state index contributed by atoms with van der Waals surface area (Å²) < 4.78 is 16.5. The zero-order valence-electron chi connectivity index (χ0n) is 14.5. The highest BCUT2D eigenvalue weighted by molar-refractivity contribution is 5.69. The Morgan fingerprint density at radius 1 is 1.19 bits per heavy atom. The van der Waals surface area contributed by atoms with Crippen LogP contribution in [0.2, 0.25) is 0 Å². The molecule has 3 aromatic rings. The van der Waals surface area contributed by atoms with Crippen LogP contribution >= 0.6 is 0 Å². The molecular formula is C19H18N2O5. The number of hydrogen-bond donors (Lipinski definition) is 0. The summed E-state index contributed by atoms with van der Waals surface area (Å²) in [6.45, 7) is 1.65. The summed E-state index contributed by atoms with van der Waals surface area (Å²) >= 11 is 0. The molecule has 0 N–H and O–H groups in total. The van der Waals surface area contributed by atoms with Crippen LogP contribution < -0.4 is 10.5 Å². The number of rotatable bonds is 6. The van der Waals surface area contributed by atoms with Crippen LogP contribution in [0.4, 0.5) is 0 Å². The normalized spacial score (nSPS) is 10.5. The minimum Gasteiger partial charge on any atom is -0.496 e. The monoisotopic (exact) mass is 354 g/mol. The molecule has 0 aliphatic rings. The van der Waals surface area contributed by atoms with Gasteiger partial charge in [-0.15, -0.1) is 5.10 Å². The number of carbonyl (C=O) groups excluding carboxylic acids is 1. The Bertz CT molecular complexity index is 960. The van der Waals surface area contributed by atoms with Gasteiger partial charge in [0.1, 0.15) is 18.9 Å². The van der Waals surface area contributed by atoms with Crippen LogP contribution in [-0.4, -0.2) is 22.9 Å². The number of hydrogen-bond acceptors (Lipinski definition) is 6. The standard InChI is InChI=1S/C19H18N2O5/c1-13-8-9-16(24-2)15(10-13)12-25-17(22)11-21-19(23)26-18(20-21)14-6-4-3-5-7-14/h3-10H,11-12H2,1-2H3. The van der Waals surface area contributed by atoms with E-state index < -0.39 is 11.7 Å². The SMILES string of the molecule is COc1ccc(C)cc1COC(=O)Cn1nc(-c2ccccc2)oc1=O. The molecule has 2 aromatic carbocycles. The molecule has 0 spiro atoms. The van der Waals surface area contributed by atoms with E-state index in [1.165, 1.54) is 0 Å². The summed E-state index contributed by atoms with van der Waals surface area (Å²) in [5, 5.41) is 4.03. The summed E-state index contributed by atoms with van der Waals surface area (Å²) in [6.07, 6.45) is 0. The summed E-state index contributed by atoms with van der Waals surface area (Å²) in [7, 11) is 1.55. The van der Waals surface area contributed by atoms with Gasteiger partial charge in [0.05, 0.1) is 7.11 Å². The molecule has 7 heteroatoms. The molecule has 0 bridgehead atoms. The smallest absolute Gasteiger partial charge is 0.437 e. The van der Waals surface area contributed by atoms with Crippen LogP contribution in [0, 0.1) is 6.92 Å². The first-order valence-electron chi connectivity index (χ1n) is 7.99. The molecule has 0 aliphatic heterocycles. The van der Waals surface area contributed by atoms with Crippen molar-refractivity contribution >= 4 is 5.97 Å². The van der Waals surface area contributed by atoms with Crippen molar-refractivity contribution in [1.29, 1.82) is 0 Å². The highest BCUT2D eigenvalue weighted by Crippen LogP contribution is 2.20. The van der Waals surface area contributed by atoms with E-state index in [9.17, 15) is 9.59 Å². The zero-order valence-corrected chi connectivity index (χ0v) is 14.5. The van der Waals surface area contributed by atoms with Gasteiger partial charge in [0, 0.05) is 11.1 Å². The third-order valence-corrected chi connectivity index (χ3v) is 3.73. The molecule has 26 heavy (non-hydrogen) atoms. The van der Waals surface area contributed by atoms with Gasteiger partial charge in [-0.05, 0) is 31.2 Å². The van der Waals surface area contributed by atoms with E-state index in [2.05, 4.69) is 5.10 Å². The molecule has 7 nitrogen and oxygen atoms in total. The second kappa shape index (κ2) is 7.69. The number of esters is 1. The number of ether oxygens (including phenoxy) is 2.